The van der Waals surface area contributed by atoms with Gasteiger partial charge in [-0.2, -0.15) is 13.2 Å². The Morgan fingerprint density at radius 1 is 1.25 bits per heavy atom. The first-order valence-electron chi connectivity index (χ1n) is 5.25. The zero-order chi connectivity index (χ0) is 15.3. The van der Waals surface area contributed by atoms with Gasteiger partial charge in [0.1, 0.15) is 12.3 Å². The van der Waals surface area contributed by atoms with E-state index in [-0.39, 0.29) is 10.5 Å². The lowest BCUT2D eigenvalue weighted by molar-refractivity contribution is -0.136. The third-order valence-electron chi connectivity index (χ3n) is 2.11. The molecule has 20 heavy (non-hydrogen) atoms. The normalized spacial score (nSPS) is 12.8. The number of rotatable bonds is 5. The molecule has 0 heterocycles. The molecule has 5 nitrogen and oxygen atoms in total. The lowest BCUT2D eigenvalue weighted by Crippen LogP contribution is -2.36. The van der Waals surface area contributed by atoms with Crippen molar-refractivity contribution in [2.75, 3.05) is 12.3 Å². The van der Waals surface area contributed by atoms with Crippen LogP contribution in [0.25, 0.3) is 0 Å². The van der Waals surface area contributed by atoms with Crippen molar-refractivity contribution >= 4 is 22.7 Å². The summed E-state index contributed by atoms with van der Waals surface area (Å²) in [4.78, 5) is 22.0. The molecule has 1 rings (SSSR count). The molecule has 0 saturated heterocycles. The standard InChI is InChI=1S/C11H10F3NO4S/c12-11(13,14)6-15-9(16)5-20(19)8-4-2-1-3-7(8)10(17)18/h1-4H,5-6H2,(H,15,16)(H,17,18). The minimum absolute atomic E-state index is 0.109. The predicted molar refractivity (Wildman–Crippen MR) is 63.7 cm³/mol. The summed E-state index contributed by atoms with van der Waals surface area (Å²) in [6.45, 7) is -1.52. The molecular weight excluding hydrogens is 299 g/mol. The van der Waals surface area contributed by atoms with Crippen molar-refractivity contribution in [1.82, 2.24) is 5.32 Å². The average Bonchev–Trinajstić information content (AvgIpc) is 2.35. The second-order valence-electron chi connectivity index (χ2n) is 3.68. The Hall–Kier alpha value is -1.90. The molecule has 1 aromatic carbocycles. The number of carboxylic acid groups (broad SMARTS) is 1. The summed E-state index contributed by atoms with van der Waals surface area (Å²) in [5, 5.41) is 10.4. The van der Waals surface area contributed by atoms with E-state index in [0.717, 1.165) is 0 Å². The van der Waals surface area contributed by atoms with Crippen LogP contribution in [0, 0.1) is 0 Å². The van der Waals surface area contributed by atoms with Crippen molar-refractivity contribution in [2.45, 2.75) is 11.1 Å². The molecule has 0 aliphatic heterocycles. The van der Waals surface area contributed by atoms with Crippen LogP contribution < -0.4 is 5.32 Å². The zero-order valence-corrected chi connectivity index (χ0v) is 10.8. The molecule has 1 unspecified atom stereocenters. The minimum Gasteiger partial charge on any atom is -0.478 e. The molecule has 0 aliphatic rings. The van der Waals surface area contributed by atoms with Crippen LogP contribution in [-0.2, 0) is 15.6 Å². The van der Waals surface area contributed by atoms with Crippen LogP contribution in [0.4, 0.5) is 13.2 Å². The van der Waals surface area contributed by atoms with Gasteiger partial charge < -0.3 is 10.4 Å². The molecule has 1 aromatic rings. The quantitative estimate of drug-likeness (QED) is 0.855. The Bertz CT molecular complexity index is 545. The van der Waals surface area contributed by atoms with Crippen LogP contribution in [0.2, 0.25) is 0 Å². The molecule has 110 valence electrons. The molecular formula is C11H10F3NO4S. The van der Waals surface area contributed by atoms with Crippen molar-refractivity contribution < 1.29 is 32.1 Å². The van der Waals surface area contributed by atoms with Crippen LogP contribution in [0.3, 0.4) is 0 Å². The maximum absolute atomic E-state index is 11.9. The number of hydrogen-bond acceptors (Lipinski definition) is 3. The largest absolute Gasteiger partial charge is 0.478 e. The van der Waals surface area contributed by atoms with E-state index in [0.29, 0.717) is 0 Å². The van der Waals surface area contributed by atoms with Crippen molar-refractivity contribution in [2.24, 2.45) is 0 Å². The van der Waals surface area contributed by atoms with E-state index in [1.807, 2.05) is 0 Å². The number of carbonyl (C=O) groups is 2. The highest BCUT2D eigenvalue weighted by Crippen LogP contribution is 2.14. The van der Waals surface area contributed by atoms with E-state index in [1.165, 1.54) is 24.3 Å². The number of carbonyl (C=O) groups excluding carboxylic acids is 1. The Balaban J connectivity index is 2.72. The van der Waals surface area contributed by atoms with Gasteiger partial charge in [0.25, 0.3) is 0 Å². The van der Waals surface area contributed by atoms with E-state index in [9.17, 15) is 27.0 Å². The third-order valence-corrected chi connectivity index (χ3v) is 3.48. The maximum atomic E-state index is 11.9. The van der Waals surface area contributed by atoms with Crippen molar-refractivity contribution in [3.8, 4) is 0 Å². The number of carboxylic acids is 1. The lowest BCUT2D eigenvalue weighted by atomic mass is 10.2. The smallest absolute Gasteiger partial charge is 0.405 e. The molecule has 0 bridgehead atoms. The number of nitrogens with one attached hydrogen (secondary N) is 1. The van der Waals surface area contributed by atoms with E-state index in [2.05, 4.69) is 0 Å². The van der Waals surface area contributed by atoms with Crippen LogP contribution in [0.15, 0.2) is 29.2 Å². The maximum Gasteiger partial charge on any atom is 0.405 e. The minimum atomic E-state index is -4.56. The molecule has 0 radical (unpaired) electrons. The molecule has 0 aromatic heterocycles. The van der Waals surface area contributed by atoms with E-state index < -0.39 is 41.1 Å². The van der Waals surface area contributed by atoms with E-state index in [1.54, 1.807) is 5.32 Å². The van der Waals surface area contributed by atoms with Gasteiger partial charge in [0, 0.05) is 0 Å². The van der Waals surface area contributed by atoms with Gasteiger partial charge in [0.05, 0.1) is 21.3 Å². The van der Waals surface area contributed by atoms with Crippen molar-refractivity contribution in [3.05, 3.63) is 29.8 Å². The van der Waals surface area contributed by atoms with Crippen molar-refractivity contribution in [1.29, 1.82) is 0 Å². The van der Waals surface area contributed by atoms with Gasteiger partial charge in [-0.15, -0.1) is 0 Å². The number of aromatic carboxylic acids is 1. The Labute approximate surface area is 114 Å². The van der Waals surface area contributed by atoms with E-state index >= 15 is 0 Å². The van der Waals surface area contributed by atoms with Gasteiger partial charge in [-0.25, -0.2) is 4.79 Å². The fourth-order valence-electron chi connectivity index (χ4n) is 1.29. The second-order valence-corrected chi connectivity index (χ2v) is 5.10. The summed E-state index contributed by atoms with van der Waals surface area (Å²) in [6, 6.07) is 5.28. The van der Waals surface area contributed by atoms with Gasteiger partial charge in [-0.05, 0) is 12.1 Å². The van der Waals surface area contributed by atoms with Gasteiger partial charge in [-0.1, -0.05) is 12.1 Å². The molecule has 0 spiro atoms. The summed E-state index contributed by atoms with van der Waals surface area (Å²) in [5.74, 6) is -3.13. The molecule has 1 atom stereocenters. The number of benzene rings is 1. The summed E-state index contributed by atoms with van der Waals surface area (Å²) in [5.41, 5.74) is -0.255. The summed E-state index contributed by atoms with van der Waals surface area (Å²) in [7, 11) is -2.03. The number of alkyl halides is 3. The monoisotopic (exact) mass is 309 g/mol. The Kier molecular flexibility index (Phi) is 5.26. The molecule has 2 N–H and O–H groups in total. The first kappa shape index (κ1) is 16.2. The zero-order valence-electron chi connectivity index (χ0n) is 9.94. The topological polar surface area (TPSA) is 83.5 Å². The first-order chi connectivity index (χ1) is 9.20. The van der Waals surface area contributed by atoms with Gasteiger partial charge in [0.2, 0.25) is 5.91 Å². The highest BCUT2D eigenvalue weighted by atomic mass is 32.2. The van der Waals surface area contributed by atoms with Gasteiger partial charge >= 0.3 is 12.1 Å². The lowest BCUT2D eigenvalue weighted by Gasteiger charge is -2.09. The highest BCUT2D eigenvalue weighted by Gasteiger charge is 2.28. The fourth-order valence-corrected chi connectivity index (χ4v) is 2.42. The molecule has 0 aliphatic carbocycles. The van der Waals surface area contributed by atoms with Crippen LogP contribution in [0.1, 0.15) is 10.4 Å². The number of hydrogen-bond donors (Lipinski definition) is 2. The first-order valence-corrected chi connectivity index (χ1v) is 6.57. The third kappa shape index (κ3) is 5.00. The molecule has 1 amide bonds. The summed E-state index contributed by atoms with van der Waals surface area (Å²) < 4.78 is 47.4. The Morgan fingerprint density at radius 3 is 2.40 bits per heavy atom. The second kappa shape index (κ2) is 6.51. The summed E-state index contributed by atoms with van der Waals surface area (Å²) >= 11 is 0. The van der Waals surface area contributed by atoms with E-state index in [4.69, 9.17) is 5.11 Å². The van der Waals surface area contributed by atoms with Gasteiger partial charge in [0.15, 0.2) is 0 Å². The van der Waals surface area contributed by atoms with Crippen LogP contribution in [0.5, 0.6) is 0 Å². The number of amides is 1. The average molecular weight is 309 g/mol. The Morgan fingerprint density at radius 2 is 1.85 bits per heavy atom. The summed E-state index contributed by atoms with van der Waals surface area (Å²) in [6.07, 6.45) is -4.56. The van der Waals surface area contributed by atoms with Crippen molar-refractivity contribution in [3.63, 3.8) is 0 Å². The predicted octanol–water partition coefficient (Wildman–Crippen LogP) is 1.17. The SMILES string of the molecule is O=C(CS(=O)c1ccccc1C(=O)O)NCC(F)(F)F. The van der Waals surface area contributed by atoms with Gasteiger partial charge in [-0.3, -0.25) is 9.00 Å². The highest BCUT2D eigenvalue weighted by molar-refractivity contribution is 7.85. The molecule has 0 saturated carbocycles. The number of halogens is 3. The van der Waals surface area contributed by atoms with Crippen LogP contribution >= 0.6 is 0 Å². The molecule has 9 heteroatoms. The fraction of sp³-hybridized carbons (Fsp3) is 0.273. The molecule has 0 fully saturated rings. The van der Waals surface area contributed by atoms with Crippen LogP contribution in [-0.4, -0.2) is 39.7 Å².